The third-order valence-corrected chi connectivity index (χ3v) is 1.72. The molecule has 0 spiro atoms. The lowest BCUT2D eigenvalue weighted by Gasteiger charge is -1.69. The van der Waals surface area contributed by atoms with Gasteiger partial charge in [-0.15, -0.1) is 0 Å². The van der Waals surface area contributed by atoms with Gasteiger partial charge in [0.1, 0.15) is 0 Å². The van der Waals surface area contributed by atoms with Gasteiger partial charge in [0.05, 0.1) is 0 Å². The number of rotatable bonds is 1. The fourth-order valence-electron chi connectivity index (χ4n) is 0.0932. The molecule has 0 saturated heterocycles. The van der Waals surface area contributed by atoms with E-state index in [2.05, 4.69) is 4.52 Å². The maximum atomic E-state index is 11.4. The van der Waals surface area contributed by atoms with Crippen LogP contribution in [0.2, 0.25) is 0 Å². The summed E-state index contributed by atoms with van der Waals surface area (Å²) in [6.07, 6.45) is 0. The summed E-state index contributed by atoms with van der Waals surface area (Å²) in [5, 5.41) is 0. The Balaban J connectivity index is 3.45. The molecule has 0 fully saturated rings. The predicted molar refractivity (Wildman–Crippen MR) is 25.5 cm³/mol. The molecule has 0 saturated carbocycles. The standard InChI is InChI=1S/CH3F3NP2/c1-6(2)5-7(3)4/h1H3/q+1. The van der Waals surface area contributed by atoms with Crippen LogP contribution in [0.5, 0.6) is 0 Å². The molecule has 1 atom stereocenters. The second kappa shape index (κ2) is 3.34. The average molecular weight is 148 g/mol. The number of halogens is 3. The Labute approximate surface area is 41.6 Å². The van der Waals surface area contributed by atoms with Crippen molar-refractivity contribution in [2.24, 2.45) is 4.52 Å². The van der Waals surface area contributed by atoms with Crippen LogP contribution in [0.25, 0.3) is 0 Å². The van der Waals surface area contributed by atoms with Crippen molar-refractivity contribution in [1.29, 1.82) is 0 Å². The van der Waals surface area contributed by atoms with Gasteiger partial charge < -0.3 is 0 Å². The summed E-state index contributed by atoms with van der Waals surface area (Å²) in [5.74, 6) is 0. The monoisotopic (exact) mass is 148 g/mol. The van der Waals surface area contributed by atoms with E-state index in [0.717, 1.165) is 6.66 Å². The van der Waals surface area contributed by atoms with Gasteiger partial charge in [-0.25, -0.2) is 0 Å². The molecule has 0 aliphatic carbocycles. The van der Waals surface area contributed by atoms with E-state index < -0.39 is 16.7 Å². The SMILES string of the molecule is C[P+](F)=NP(F)F. The van der Waals surface area contributed by atoms with Gasteiger partial charge in [-0.3, -0.25) is 0 Å². The molecule has 0 aromatic carbocycles. The molecular formula is CH3F3NP2+. The van der Waals surface area contributed by atoms with Gasteiger partial charge in [-0.05, 0) is 0 Å². The summed E-state index contributed by atoms with van der Waals surface area (Å²) < 4.78 is 35.7. The molecule has 0 aromatic heterocycles. The van der Waals surface area contributed by atoms with Crippen molar-refractivity contribution in [3.63, 3.8) is 0 Å². The number of nitrogens with zero attached hydrogens (tertiary/aromatic N) is 1. The molecular weight excluding hydrogens is 145 g/mol. The van der Waals surface area contributed by atoms with Crippen LogP contribution in [0.1, 0.15) is 0 Å². The zero-order valence-corrected chi connectivity index (χ0v) is 5.26. The van der Waals surface area contributed by atoms with Crippen LogP contribution < -0.4 is 0 Å². The first kappa shape index (κ1) is 7.32. The summed E-state index contributed by atoms with van der Waals surface area (Å²) in [6.45, 7) is 1.03. The molecule has 0 heterocycles. The lowest BCUT2D eigenvalue weighted by atomic mass is 12.0. The van der Waals surface area contributed by atoms with E-state index in [9.17, 15) is 12.6 Å². The van der Waals surface area contributed by atoms with Crippen molar-refractivity contribution in [3.05, 3.63) is 0 Å². The second-order valence-electron chi connectivity index (χ2n) is 0.749. The van der Waals surface area contributed by atoms with Crippen LogP contribution in [-0.2, 0) is 0 Å². The smallest absolute Gasteiger partial charge is 0.157 e. The summed E-state index contributed by atoms with van der Waals surface area (Å²) in [7, 11) is -5.60. The minimum absolute atomic E-state index is 1.03. The fraction of sp³-hybridized carbons (Fsp3) is 1.00. The Hall–Kier alpha value is 0.320. The van der Waals surface area contributed by atoms with Crippen LogP contribution in [0.4, 0.5) is 12.6 Å². The molecule has 0 amide bonds. The molecule has 6 heteroatoms. The van der Waals surface area contributed by atoms with E-state index in [1.807, 2.05) is 0 Å². The molecule has 42 valence electrons. The van der Waals surface area contributed by atoms with Crippen LogP contribution >= 0.6 is 16.7 Å². The highest BCUT2D eigenvalue weighted by atomic mass is 31.2. The molecule has 0 N–H and O–H groups in total. The van der Waals surface area contributed by atoms with E-state index in [4.69, 9.17) is 0 Å². The van der Waals surface area contributed by atoms with Gasteiger partial charge in [-0.2, -0.15) is 8.39 Å². The summed E-state index contributed by atoms with van der Waals surface area (Å²) in [4.78, 5) is 0. The maximum absolute atomic E-state index is 11.4. The van der Waals surface area contributed by atoms with E-state index >= 15 is 0 Å². The van der Waals surface area contributed by atoms with Gasteiger partial charge >= 0.3 is 16.7 Å². The van der Waals surface area contributed by atoms with E-state index in [-0.39, 0.29) is 0 Å². The van der Waals surface area contributed by atoms with Gasteiger partial charge in [0.15, 0.2) is 6.66 Å². The van der Waals surface area contributed by atoms with Gasteiger partial charge in [0.2, 0.25) is 0 Å². The lowest BCUT2D eigenvalue weighted by molar-refractivity contribution is 0.747. The maximum Gasteiger partial charge on any atom is 0.436 e. The van der Waals surface area contributed by atoms with Crippen molar-refractivity contribution in [2.45, 2.75) is 0 Å². The minimum atomic E-state index is -3.36. The average Bonchev–Trinajstić information content (AvgIpc) is 1.27. The van der Waals surface area contributed by atoms with Gasteiger partial charge in [0, 0.05) is 8.71 Å². The summed E-state index contributed by atoms with van der Waals surface area (Å²) in [5.41, 5.74) is 0. The summed E-state index contributed by atoms with van der Waals surface area (Å²) >= 11 is 0. The van der Waals surface area contributed by atoms with Crippen LogP contribution in [0.15, 0.2) is 4.52 Å². The van der Waals surface area contributed by atoms with E-state index in [1.54, 1.807) is 0 Å². The third-order valence-electron chi connectivity index (χ3n) is 0.191. The molecule has 0 radical (unpaired) electrons. The topological polar surface area (TPSA) is 12.4 Å². The first-order valence-electron chi connectivity index (χ1n) is 1.35. The van der Waals surface area contributed by atoms with Crippen LogP contribution in [0.3, 0.4) is 0 Å². The largest absolute Gasteiger partial charge is 0.436 e. The highest BCUT2D eigenvalue weighted by molar-refractivity contribution is 7.55. The van der Waals surface area contributed by atoms with E-state index in [1.165, 1.54) is 0 Å². The Morgan fingerprint density at radius 1 is 1.57 bits per heavy atom. The summed E-state index contributed by atoms with van der Waals surface area (Å²) in [6, 6.07) is 0. The van der Waals surface area contributed by atoms with Crippen molar-refractivity contribution < 1.29 is 12.6 Å². The third kappa shape index (κ3) is 6.32. The first-order valence-corrected chi connectivity index (χ1v) is 4.06. The second-order valence-corrected chi connectivity index (χ2v) is 2.78. The van der Waals surface area contributed by atoms with Gasteiger partial charge in [-0.1, -0.05) is 0 Å². The van der Waals surface area contributed by atoms with Gasteiger partial charge in [0.25, 0.3) is 0 Å². The van der Waals surface area contributed by atoms with Crippen LogP contribution in [0, 0.1) is 0 Å². The van der Waals surface area contributed by atoms with Crippen molar-refractivity contribution in [2.75, 3.05) is 6.66 Å². The highest BCUT2D eigenvalue weighted by Crippen LogP contribution is 2.47. The number of hydrogen-bond acceptors (Lipinski definition) is 1. The molecule has 1 nitrogen and oxygen atoms in total. The lowest BCUT2D eigenvalue weighted by Crippen LogP contribution is -1.36. The Kier molecular flexibility index (Phi) is 3.49. The van der Waals surface area contributed by atoms with Crippen molar-refractivity contribution >= 4 is 16.7 Å². The zero-order valence-electron chi connectivity index (χ0n) is 3.48. The molecule has 0 aliphatic heterocycles. The van der Waals surface area contributed by atoms with Crippen molar-refractivity contribution in [1.82, 2.24) is 0 Å². The Bertz CT molecular complexity index is 77.0. The quantitative estimate of drug-likeness (QED) is 0.505. The van der Waals surface area contributed by atoms with E-state index in [0.29, 0.717) is 0 Å². The fourth-order valence-corrected chi connectivity index (χ4v) is 0.839. The first-order chi connectivity index (χ1) is 3.13. The van der Waals surface area contributed by atoms with Crippen molar-refractivity contribution in [3.8, 4) is 0 Å². The molecule has 0 aromatic rings. The molecule has 0 rings (SSSR count). The molecule has 0 aliphatic rings. The zero-order chi connectivity index (χ0) is 5.86. The van der Waals surface area contributed by atoms with Crippen LogP contribution in [-0.4, -0.2) is 6.66 Å². The Morgan fingerprint density at radius 3 is 2.00 bits per heavy atom. The normalized spacial score (nSPS) is 13.0. The predicted octanol–water partition coefficient (Wildman–Crippen LogP) is 3.33. The molecule has 7 heavy (non-hydrogen) atoms. The highest BCUT2D eigenvalue weighted by Gasteiger charge is 2.09. The Morgan fingerprint density at radius 2 is 2.00 bits per heavy atom. The number of hydrogen-bond donors (Lipinski definition) is 0. The minimum Gasteiger partial charge on any atom is -0.157 e. The molecule has 1 unspecified atom stereocenters. The molecule has 0 bridgehead atoms.